The number of methoxy groups -OCH3 is 1. The molecule has 8 nitrogen and oxygen atoms in total. The summed E-state index contributed by atoms with van der Waals surface area (Å²) < 4.78 is 32.5. The fourth-order valence-corrected chi connectivity index (χ4v) is 3.53. The van der Waals surface area contributed by atoms with E-state index in [4.69, 9.17) is 4.74 Å². The van der Waals surface area contributed by atoms with Gasteiger partial charge >= 0.3 is 5.97 Å². The van der Waals surface area contributed by atoms with Crippen LogP contribution in [0.15, 0.2) is 87.9 Å². The molecule has 0 unspecified atom stereocenters. The molecule has 3 aromatic carbocycles. The van der Waals surface area contributed by atoms with Crippen LogP contribution in [0.4, 0.5) is 17.1 Å². The fraction of sp³-hybridized carbons (Fsp3) is 0.0500. The number of hydrogen-bond acceptors (Lipinski definition) is 6. The maximum absolute atomic E-state index is 12.6. The summed E-state index contributed by atoms with van der Waals surface area (Å²) >= 11 is 0. The topological polar surface area (TPSA) is 117 Å². The lowest BCUT2D eigenvalue weighted by Crippen LogP contribution is -2.14. The molecule has 9 heteroatoms. The van der Waals surface area contributed by atoms with E-state index in [1.165, 1.54) is 19.2 Å². The van der Waals surface area contributed by atoms with Gasteiger partial charge in [-0.2, -0.15) is 10.2 Å². The fourth-order valence-electron chi connectivity index (χ4n) is 2.44. The highest BCUT2D eigenvalue weighted by Crippen LogP contribution is 2.25. The van der Waals surface area contributed by atoms with Crippen molar-refractivity contribution in [1.82, 2.24) is 0 Å². The number of nitrogens with zero attached hydrogens (tertiary/aromatic N) is 2. The zero-order valence-electron chi connectivity index (χ0n) is 15.3. The van der Waals surface area contributed by atoms with Crippen LogP contribution in [-0.4, -0.2) is 26.6 Å². The average molecular weight is 411 g/mol. The zero-order chi connectivity index (χ0) is 20.9. The second-order valence-electron chi connectivity index (χ2n) is 5.86. The van der Waals surface area contributed by atoms with Gasteiger partial charge in [0.05, 0.1) is 23.4 Å². The van der Waals surface area contributed by atoms with Crippen molar-refractivity contribution in [1.29, 1.82) is 0 Å². The van der Waals surface area contributed by atoms with E-state index in [0.717, 1.165) is 6.07 Å². The van der Waals surface area contributed by atoms with E-state index in [2.05, 4.69) is 15.0 Å². The number of anilines is 1. The molecule has 0 aliphatic rings. The Hall–Kier alpha value is -3.72. The number of carboxylic acids is 1. The highest BCUT2D eigenvalue weighted by Gasteiger charge is 2.19. The molecule has 0 bridgehead atoms. The molecule has 0 spiro atoms. The van der Waals surface area contributed by atoms with Gasteiger partial charge in [-0.15, -0.1) is 0 Å². The maximum atomic E-state index is 12.6. The Morgan fingerprint density at radius 3 is 2.14 bits per heavy atom. The summed E-state index contributed by atoms with van der Waals surface area (Å²) in [6.45, 7) is 0. The Balaban J connectivity index is 1.78. The third-order valence-corrected chi connectivity index (χ3v) is 5.25. The van der Waals surface area contributed by atoms with Gasteiger partial charge in [0.1, 0.15) is 11.3 Å². The van der Waals surface area contributed by atoms with Gasteiger partial charge in [0.15, 0.2) is 0 Å². The minimum atomic E-state index is -3.99. The minimum absolute atomic E-state index is 0.0737. The first-order valence-electron chi connectivity index (χ1n) is 8.40. The first kappa shape index (κ1) is 20.0. The molecule has 0 heterocycles. The van der Waals surface area contributed by atoms with Gasteiger partial charge in [-0.3, -0.25) is 4.72 Å². The van der Waals surface area contributed by atoms with Gasteiger partial charge in [-0.25, -0.2) is 13.2 Å². The Morgan fingerprint density at radius 1 is 0.931 bits per heavy atom. The Labute approximate surface area is 167 Å². The summed E-state index contributed by atoms with van der Waals surface area (Å²) in [7, 11) is -2.67. The number of ether oxygens (including phenoxy) is 1. The standard InChI is InChI=1S/C20H17N3O5S/c1-28-19-12-11-17(13-18(19)20(24)25)29(26,27)23-16-9-7-15(8-10-16)22-21-14-5-3-2-4-6-14/h2-13,23H,1H3,(H,24,25). The zero-order valence-corrected chi connectivity index (χ0v) is 16.1. The number of rotatable bonds is 7. The number of carbonyl (C=O) groups is 1. The van der Waals surface area contributed by atoms with Crippen molar-refractivity contribution in [3.05, 3.63) is 78.4 Å². The smallest absolute Gasteiger partial charge is 0.339 e. The van der Waals surface area contributed by atoms with Crippen LogP contribution in [0.2, 0.25) is 0 Å². The number of sulfonamides is 1. The first-order valence-corrected chi connectivity index (χ1v) is 9.88. The van der Waals surface area contributed by atoms with Crippen molar-refractivity contribution >= 4 is 33.1 Å². The van der Waals surface area contributed by atoms with Crippen molar-refractivity contribution in [2.45, 2.75) is 4.90 Å². The predicted octanol–water partition coefficient (Wildman–Crippen LogP) is 4.61. The number of aromatic carboxylic acids is 1. The quantitative estimate of drug-likeness (QED) is 0.551. The molecular weight excluding hydrogens is 394 g/mol. The molecule has 0 aromatic heterocycles. The maximum Gasteiger partial charge on any atom is 0.339 e. The summed E-state index contributed by atoms with van der Waals surface area (Å²) in [5, 5.41) is 17.4. The van der Waals surface area contributed by atoms with Crippen molar-refractivity contribution in [3.8, 4) is 5.75 Å². The van der Waals surface area contributed by atoms with Crippen molar-refractivity contribution in [2.75, 3.05) is 11.8 Å². The van der Waals surface area contributed by atoms with E-state index < -0.39 is 16.0 Å². The second kappa shape index (κ2) is 8.53. The third kappa shape index (κ3) is 4.96. The van der Waals surface area contributed by atoms with Crippen LogP contribution in [0.5, 0.6) is 5.75 Å². The van der Waals surface area contributed by atoms with Crippen LogP contribution in [0.1, 0.15) is 10.4 Å². The Bertz CT molecular complexity index is 1140. The Morgan fingerprint density at radius 2 is 1.55 bits per heavy atom. The summed E-state index contributed by atoms with van der Waals surface area (Å²) in [5.74, 6) is -1.21. The average Bonchev–Trinajstić information content (AvgIpc) is 2.73. The van der Waals surface area contributed by atoms with Crippen LogP contribution in [0.25, 0.3) is 0 Å². The van der Waals surface area contributed by atoms with Crippen molar-refractivity contribution in [2.24, 2.45) is 10.2 Å². The van der Waals surface area contributed by atoms with Crippen molar-refractivity contribution in [3.63, 3.8) is 0 Å². The number of benzene rings is 3. The van der Waals surface area contributed by atoms with Crippen LogP contribution in [0.3, 0.4) is 0 Å². The summed E-state index contributed by atoms with van der Waals surface area (Å²) in [6, 6.07) is 19.1. The normalized spacial score (nSPS) is 11.3. The Kier molecular flexibility index (Phi) is 5.89. The molecule has 0 saturated carbocycles. The molecule has 0 atom stereocenters. The van der Waals surface area contributed by atoms with E-state index in [1.54, 1.807) is 24.3 Å². The lowest BCUT2D eigenvalue weighted by atomic mass is 10.2. The van der Waals surface area contributed by atoms with Crippen molar-refractivity contribution < 1.29 is 23.1 Å². The molecule has 0 aliphatic heterocycles. The van der Waals surface area contributed by atoms with Crippen LogP contribution < -0.4 is 9.46 Å². The molecule has 2 N–H and O–H groups in total. The van der Waals surface area contributed by atoms with Gasteiger partial charge in [-0.05, 0) is 54.6 Å². The minimum Gasteiger partial charge on any atom is -0.496 e. The summed E-state index contributed by atoms with van der Waals surface area (Å²) in [6.07, 6.45) is 0. The number of nitrogens with one attached hydrogen (secondary N) is 1. The molecule has 3 rings (SSSR count). The highest BCUT2D eigenvalue weighted by atomic mass is 32.2. The third-order valence-electron chi connectivity index (χ3n) is 3.87. The van der Waals surface area contributed by atoms with Gasteiger partial charge in [0.25, 0.3) is 10.0 Å². The van der Waals surface area contributed by atoms with E-state index in [9.17, 15) is 18.3 Å². The first-order chi connectivity index (χ1) is 13.9. The predicted molar refractivity (Wildman–Crippen MR) is 108 cm³/mol. The lowest BCUT2D eigenvalue weighted by Gasteiger charge is -2.10. The molecule has 0 saturated heterocycles. The number of hydrogen-bond donors (Lipinski definition) is 2. The van der Waals surface area contributed by atoms with Gasteiger partial charge in [0.2, 0.25) is 0 Å². The van der Waals surface area contributed by atoms with E-state index in [1.807, 2.05) is 30.3 Å². The molecule has 0 amide bonds. The lowest BCUT2D eigenvalue weighted by molar-refractivity contribution is 0.0693. The van der Waals surface area contributed by atoms with E-state index in [0.29, 0.717) is 17.1 Å². The van der Waals surface area contributed by atoms with Crippen LogP contribution >= 0.6 is 0 Å². The molecule has 29 heavy (non-hydrogen) atoms. The second-order valence-corrected chi connectivity index (χ2v) is 7.54. The summed E-state index contributed by atoms with van der Waals surface area (Å²) in [5.41, 5.74) is 1.31. The van der Waals surface area contributed by atoms with E-state index >= 15 is 0 Å². The number of azo groups is 1. The molecule has 0 radical (unpaired) electrons. The van der Waals surface area contributed by atoms with Crippen LogP contribution in [-0.2, 0) is 10.0 Å². The molecule has 3 aromatic rings. The molecule has 0 aliphatic carbocycles. The van der Waals surface area contributed by atoms with Gasteiger partial charge < -0.3 is 9.84 Å². The largest absolute Gasteiger partial charge is 0.496 e. The molecule has 0 fully saturated rings. The molecule has 148 valence electrons. The highest BCUT2D eigenvalue weighted by molar-refractivity contribution is 7.92. The SMILES string of the molecule is COc1ccc(S(=O)(=O)Nc2ccc(N=Nc3ccccc3)cc2)cc1C(=O)O. The van der Waals surface area contributed by atoms with E-state index in [-0.39, 0.29) is 16.2 Å². The van der Waals surface area contributed by atoms with Crippen LogP contribution in [0, 0.1) is 0 Å². The van der Waals surface area contributed by atoms with Gasteiger partial charge in [-0.1, -0.05) is 18.2 Å². The monoisotopic (exact) mass is 411 g/mol. The summed E-state index contributed by atoms with van der Waals surface area (Å²) in [4.78, 5) is 11.1. The number of carboxylic acid groups (broad SMARTS) is 1. The van der Waals surface area contributed by atoms with Gasteiger partial charge in [0, 0.05) is 5.69 Å². The molecular formula is C20H17N3O5S.